The van der Waals surface area contributed by atoms with Crippen molar-refractivity contribution in [1.82, 2.24) is 0 Å². The highest BCUT2D eigenvalue weighted by Gasteiger charge is 2.45. The van der Waals surface area contributed by atoms with Gasteiger partial charge in [0.25, 0.3) is 0 Å². The van der Waals surface area contributed by atoms with Gasteiger partial charge in [-0.1, -0.05) is 37.0 Å². The average Bonchev–Trinajstić information content (AvgIpc) is 2.44. The molecule has 0 atom stereocenters. The highest BCUT2D eigenvalue weighted by atomic mass is 35.5. The molecule has 1 aromatic rings. The second-order valence-electron chi connectivity index (χ2n) is 6.54. The topological polar surface area (TPSA) is 26.3 Å². The van der Waals surface area contributed by atoms with Gasteiger partial charge in [0.1, 0.15) is 5.60 Å². The van der Waals surface area contributed by atoms with Gasteiger partial charge in [0.2, 0.25) is 0 Å². The molecular weight excluding hydrogens is 307 g/mol. The van der Waals surface area contributed by atoms with Crippen LogP contribution in [0.2, 0.25) is 10.0 Å². The van der Waals surface area contributed by atoms with E-state index >= 15 is 0 Å². The maximum atomic E-state index is 13.0. The molecule has 2 nitrogen and oxygen atoms in total. The van der Waals surface area contributed by atoms with Crippen molar-refractivity contribution in [3.63, 3.8) is 0 Å². The number of ether oxygens (including phenoxy) is 1. The second-order valence-corrected chi connectivity index (χ2v) is 7.39. The molecule has 1 aliphatic carbocycles. The molecule has 116 valence electrons. The van der Waals surface area contributed by atoms with Crippen molar-refractivity contribution in [3.05, 3.63) is 33.8 Å². The molecule has 0 aliphatic heterocycles. The standard InChI is InChI=1S/C17H22Cl2O2/c1-4-21-17(9-7-16(2,3)8-10-17)15(20)13-11-12(18)5-6-14(13)19/h5-6,11H,4,7-10H2,1-3H3. The SMILES string of the molecule is CCOC1(C(=O)c2cc(Cl)ccc2Cl)CCC(C)(C)CC1. The van der Waals surface area contributed by atoms with E-state index in [0.717, 1.165) is 25.7 Å². The Kier molecular flexibility index (Phi) is 5.02. The van der Waals surface area contributed by atoms with Crippen LogP contribution in [-0.4, -0.2) is 18.0 Å². The van der Waals surface area contributed by atoms with Crippen molar-refractivity contribution in [3.8, 4) is 0 Å². The minimum absolute atomic E-state index is 0.0349. The zero-order valence-electron chi connectivity index (χ0n) is 12.8. The Morgan fingerprint density at radius 2 is 1.81 bits per heavy atom. The van der Waals surface area contributed by atoms with Gasteiger partial charge in [-0.3, -0.25) is 4.79 Å². The van der Waals surface area contributed by atoms with Gasteiger partial charge in [-0.15, -0.1) is 0 Å². The largest absolute Gasteiger partial charge is 0.367 e. The van der Waals surface area contributed by atoms with E-state index < -0.39 is 5.60 Å². The van der Waals surface area contributed by atoms with E-state index in [0.29, 0.717) is 22.2 Å². The van der Waals surface area contributed by atoms with Crippen molar-refractivity contribution in [2.24, 2.45) is 5.41 Å². The van der Waals surface area contributed by atoms with Gasteiger partial charge in [0, 0.05) is 17.2 Å². The Balaban J connectivity index is 2.34. The molecule has 0 amide bonds. The molecular formula is C17H22Cl2O2. The summed E-state index contributed by atoms with van der Waals surface area (Å²) < 4.78 is 5.92. The molecule has 0 heterocycles. The molecule has 0 unspecified atom stereocenters. The van der Waals surface area contributed by atoms with E-state index in [1.165, 1.54) is 0 Å². The smallest absolute Gasteiger partial charge is 0.196 e. The van der Waals surface area contributed by atoms with Crippen LogP contribution in [0.1, 0.15) is 56.8 Å². The summed E-state index contributed by atoms with van der Waals surface area (Å²) in [7, 11) is 0. The monoisotopic (exact) mass is 328 g/mol. The number of hydrogen-bond donors (Lipinski definition) is 0. The van der Waals surface area contributed by atoms with Crippen LogP contribution in [-0.2, 0) is 4.74 Å². The lowest BCUT2D eigenvalue weighted by Crippen LogP contribution is -2.46. The van der Waals surface area contributed by atoms with Crippen molar-refractivity contribution in [2.45, 2.75) is 52.1 Å². The molecule has 1 fully saturated rings. The molecule has 0 radical (unpaired) electrons. The molecule has 1 aromatic carbocycles. The van der Waals surface area contributed by atoms with Gasteiger partial charge in [0.05, 0.1) is 5.02 Å². The maximum Gasteiger partial charge on any atom is 0.196 e. The summed E-state index contributed by atoms with van der Waals surface area (Å²) in [4.78, 5) is 13.0. The van der Waals surface area contributed by atoms with E-state index in [-0.39, 0.29) is 11.2 Å². The van der Waals surface area contributed by atoms with E-state index in [1.807, 2.05) is 6.92 Å². The predicted molar refractivity (Wildman–Crippen MR) is 87.4 cm³/mol. The van der Waals surface area contributed by atoms with E-state index in [2.05, 4.69) is 13.8 Å². The third-order valence-corrected chi connectivity index (χ3v) is 4.98. The molecule has 4 heteroatoms. The van der Waals surface area contributed by atoms with Crippen LogP contribution < -0.4 is 0 Å². The first-order valence-corrected chi connectivity index (χ1v) is 8.19. The maximum absolute atomic E-state index is 13.0. The quantitative estimate of drug-likeness (QED) is 0.677. The van der Waals surface area contributed by atoms with Crippen LogP contribution in [0.25, 0.3) is 0 Å². The highest BCUT2D eigenvalue weighted by Crippen LogP contribution is 2.44. The Hall–Kier alpha value is -0.570. The van der Waals surface area contributed by atoms with Gasteiger partial charge >= 0.3 is 0 Å². The average molecular weight is 329 g/mol. The number of carbonyl (C=O) groups excluding carboxylic acids is 1. The van der Waals surface area contributed by atoms with E-state index in [1.54, 1.807) is 18.2 Å². The summed E-state index contributed by atoms with van der Waals surface area (Å²) in [5.41, 5.74) is -0.0187. The molecule has 0 aromatic heterocycles. The van der Waals surface area contributed by atoms with Gasteiger partial charge in [-0.05, 0) is 56.2 Å². The Labute approximate surface area is 136 Å². The lowest BCUT2D eigenvalue weighted by atomic mass is 9.68. The van der Waals surface area contributed by atoms with Crippen molar-refractivity contribution in [2.75, 3.05) is 6.61 Å². The lowest BCUT2D eigenvalue weighted by molar-refractivity contribution is -0.0580. The Morgan fingerprint density at radius 1 is 1.19 bits per heavy atom. The number of hydrogen-bond acceptors (Lipinski definition) is 2. The van der Waals surface area contributed by atoms with Crippen molar-refractivity contribution >= 4 is 29.0 Å². The number of halogens is 2. The summed E-state index contributed by atoms with van der Waals surface area (Å²) in [6, 6.07) is 5.01. The fraction of sp³-hybridized carbons (Fsp3) is 0.588. The fourth-order valence-electron chi connectivity index (χ4n) is 2.96. The van der Waals surface area contributed by atoms with E-state index in [4.69, 9.17) is 27.9 Å². The van der Waals surface area contributed by atoms with Crippen LogP contribution in [0.4, 0.5) is 0 Å². The lowest BCUT2D eigenvalue weighted by Gasteiger charge is -2.42. The zero-order valence-corrected chi connectivity index (χ0v) is 14.4. The minimum atomic E-state index is -0.751. The predicted octanol–water partition coefficient (Wildman–Crippen LogP) is 5.55. The second kappa shape index (κ2) is 6.28. The number of benzene rings is 1. The molecule has 0 N–H and O–H groups in total. The minimum Gasteiger partial charge on any atom is -0.367 e. The number of Topliss-reactive ketones (excluding diaryl/α,β-unsaturated/α-hetero) is 1. The van der Waals surface area contributed by atoms with Gasteiger partial charge < -0.3 is 4.74 Å². The van der Waals surface area contributed by atoms with Gasteiger partial charge in [0.15, 0.2) is 5.78 Å². The van der Waals surface area contributed by atoms with Crippen LogP contribution in [0.15, 0.2) is 18.2 Å². The molecule has 1 aliphatic rings. The van der Waals surface area contributed by atoms with Crippen LogP contribution in [0.5, 0.6) is 0 Å². The van der Waals surface area contributed by atoms with Gasteiger partial charge in [-0.25, -0.2) is 0 Å². The Bertz CT molecular complexity index is 528. The van der Waals surface area contributed by atoms with Crippen molar-refractivity contribution < 1.29 is 9.53 Å². The molecule has 0 saturated heterocycles. The molecule has 2 rings (SSSR count). The first-order valence-electron chi connectivity index (χ1n) is 7.43. The van der Waals surface area contributed by atoms with Crippen LogP contribution >= 0.6 is 23.2 Å². The normalized spacial score (nSPS) is 20.2. The first-order chi connectivity index (χ1) is 9.80. The molecule has 1 saturated carbocycles. The van der Waals surface area contributed by atoms with E-state index in [9.17, 15) is 4.79 Å². The Morgan fingerprint density at radius 3 is 2.38 bits per heavy atom. The number of ketones is 1. The third-order valence-electron chi connectivity index (χ3n) is 4.42. The molecule has 0 bridgehead atoms. The van der Waals surface area contributed by atoms with Gasteiger partial charge in [-0.2, -0.15) is 0 Å². The summed E-state index contributed by atoms with van der Waals surface area (Å²) >= 11 is 12.2. The summed E-state index contributed by atoms with van der Waals surface area (Å²) in [6.45, 7) is 6.91. The third kappa shape index (κ3) is 3.61. The zero-order chi connectivity index (χ0) is 15.7. The molecule has 21 heavy (non-hydrogen) atoms. The number of carbonyl (C=O) groups is 1. The summed E-state index contributed by atoms with van der Waals surface area (Å²) in [5.74, 6) is -0.0349. The van der Waals surface area contributed by atoms with Crippen LogP contribution in [0.3, 0.4) is 0 Å². The molecule has 0 spiro atoms. The number of rotatable bonds is 4. The summed E-state index contributed by atoms with van der Waals surface area (Å²) in [5, 5.41) is 0.957. The highest BCUT2D eigenvalue weighted by molar-refractivity contribution is 6.36. The fourth-order valence-corrected chi connectivity index (χ4v) is 3.34. The van der Waals surface area contributed by atoms with Crippen LogP contribution in [0, 0.1) is 5.41 Å². The first kappa shape index (κ1) is 16.8. The summed E-state index contributed by atoms with van der Waals surface area (Å²) in [6.07, 6.45) is 3.40. The van der Waals surface area contributed by atoms with Crippen molar-refractivity contribution in [1.29, 1.82) is 0 Å².